The second-order valence-corrected chi connectivity index (χ2v) is 6.28. The minimum atomic E-state index is -4.67. The van der Waals surface area contributed by atoms with E-state index in [1.165, 1.54) is 0 Å². The average Bonchev–Trinajstić information content (AvgIpc) is 3.15. The first kappa shape index (κ1) is 20.7. The quantitative estimate of drug-likeness (QED) is 0.671. The van der Waals surface area contributed by atoms with Crippen molar-refractivity contribution in [2.45, 2.75) is 52.9 Å². The second kappa shape index (κ2) is 8.37. The highest BCUT2D eigenvalue weighted by Crippen LogP contribution is 2.29. The van der Waals surface area contributed by atoms with Crippen molar-refractivity contribution in [2.75, 3.05) is 0 Å². The number of hydrogen-bond donors (Lipinski definition) is 0. The van der Waals surface area contributed by atoms with Gasteiger partial charge in [-0.1, -0.05) is 42.4 Å². The van der Waals surface area contributed by atoms with Gasteiger partial charge in [-0.25, -0.2) is 0 Å². The molecule has 146 valence electrons. The van der Waals surface area contributed by atoms with Gasteiger partial charge in [0.15, 0.2) is 0 Å². The molecule has 8 heteroatoms. The summed E-state index contributed by atoms with van der Waals surface area (Å²) in [4.78, 5) is 17.7. The lowest BCUT2D eigenvalue weighted by Gasteiger charge is -2.29. The summed E-state index contributed by atoms with van der Waals surface area (Å²) in [5, 5.41) is 3.37. The zero-order valence-electron chi connectivity index (χ0n) is 15.7. The highest BCUT2D eigenvalue weighted by atomic mass is 19.4. The molecule has 1 aromatic carbocycles. The minimum Gasteiger partial charge on any atom is -0.332 e. The number of aromatic nitrogens is 2. The number of allylic oxidation sites excluding steroid dienone is 1. The van der Waals surface area contributed by atoms with Gasteiger partial charge in [-0.3, -0.25) is 4.79 Å². The van der Waals surface area contributed by atoms with Crippen LogP contribution in [0.3, 0.4) is 0 Å². The number of alkyl halides is 3. The third-order valence-electron chi connectivity index (χ3n) is 4.39. The molecule has 2 rings (SSSR count). The first-order valence-electron chi connectivity index (χ1n) is 8.61. The Bertz CT molecular complexity index is 810. The molecule has 1 aromatic heterocycles. The standard InChI is InChI=1S/C19H22F3N3O2/c1-5-12(3)17(26)25(13(4)6-2)11-14-7-9-15(10-8-14)16-23-18(27-24-16)19(20,21)22/h5,7-10,13H,6,11H2,1-4H3/b12-5+. The summed E-state index contributed by atoms with van der Waals surface area (Å²) in [7, 11) is 0. The molecule has 0 aliphatic rings. The van der Waals surface area contributed by atoms with Crippen LogP contribution in [-0.4, -0.2) is 27.0 Å². The Morgan fingerprint density at radius 2 is 1.93 bits per heavy atom. The zero-order chi connectivity index (χ0) is 20.2. The third kappa shape index (κ3) is 4.96. The zero-order valence-corrected chi connectivity index (χ0v) is 15.7. The van der Waals surface area contributed by atoms with E-state index >= 15 is 0 Å². The average molecular weight is 381 g/mol. The van der Waals surface area contributed by atoms with Crippen LogP contribution in [0.2, 0.25) is 0 Å². The summed E-state index contributed by atoms with van der Waals surface area (Å²) in [6, 6.07) is 6.77. The molecule has 0 fully saturated rings. The van der Waals surface area contributed by atoms with E-state index in [0.29, 0.717) is 17.7 Å². The number of amides is 1. The molecule has 1 unspecified atom stereocenters. The van der Waals surface area contributed by atoms with E-state index < -0.39 is 12.1 Å². The van der Waals surface area contributed by atoms with Crippen molar-refractivity contribution < 1.29 is 22.5 Å². The Balaban J connectivity index is 2.20. The maximum Gasteiger partial charge on any atom is 0.471 e. The summed E-state index contributed by atoms with van der Waals surface area (Å²) in [6.07, 6.45) is -2.09. The molecule has 1 amide bonds. The predicted molar refractivity (Wildman–Crippen MR) is 94.5 cm³/mol. The fourth-order valence-electron chi connectivity index (χ4n) is 2.41. The van der Waals surface area contributed by atoms with Gasteiger partial charge in [-0.05, 0) is 32.8 Å². The Morgan fingerprint density at radius 1 is 1.30 bits per heavy atom. The molecule has 0 bridgehead atoms. The summed E-state index contributed by atoms with van der Waals surface area (Å²) in [5.41, 5.74) is 1.93. The molecular weight excluding hydrogens is 359 g/mol. The van der Waals surface area contributed by atoms with Crippen LogP contribution in [0.4, 0.5) is 13.2 Å². The van der Waals surface area contributed by atoms with Crippen LogP contribution in [0.1, 0.15) is 45.6 Å². The van der Waals surface area contributed by atoms with Crippen molar-refractivity contribution in [3.05, 3.63) is 47.4 Å². The summed E-state index contributed by atoms with van der Waals surface area (Å²) >= 11 is 0. The van der Waals surface area contributed by atoms with Crippen molar-refractivity contribution in [3.8, 4) is 11.4 Å². The number of rotatable bonds is 6. The molecule has 0 radical (unpaired) electrons. The van der Waals surface area contributed by atoms with Gasteiger partial charge < -0.3 is 9.42 Å². The van der Waals surface area contributed by atoms with Crippen LogP contribution in [-0.2, 0) is 17.5 Å². The highest BCUT2D eigenvalue weighted by molar-refractivity contribution is 5.92. The van der Waals surface area contributed by atoms with Crippen LogP contribution in [0, 0.1) is 0 Å². The van der Waals surface area contributed by atoms with Crippen molar-refractivity contribution in [1.82, 2.24) is 15.0 Å². The number of carbonyl (C=O) groups excluding carboxylic acids is 1. The van der Waals surface area contributed by atoms with Crippen molar-refractivity contribution in [2.24, 2.45) is 0 Å². The van der Waals surface area contributed by atoms with Crippen LogP contribution >= 0.6 is 0 Å². The normalized spacial score (nSPS) is 13.5. The number of hydrogen-bond acceptors (Lipinski definition) is 4. The molecule has 0 spiro atoms. The Hall–Kier alpha value is -2.64. The topological polar surface area (TPSA) is 59.2 Å². The number of benzene rings is 1. The molecular formula is C19H22F3N3O2. The fraction of sp³-hybridized carbons (Fsp3) is 0.421. The summed E-state index contributed by atoms with van der Waals surface area (Å²) < 4.78 is 41.9. The maximum atomic E-state index is 12.6. The molecule has 1 heterocycles. The Kier molecular flexibility index (Phi) is 6.41. The fourth-order valence-corrected chi connectivity index (χ4v) is 2.41. The van der Waals surface area contributed by atoms with E-state index in [9.17, 15) is 18.0 Å². The van der Waals surface area contributed by atoms with Gasteiger partial charge in [0.2, 0.25) is 11.7 Å². The van der Waals surface area contributed by atoms with Gasteiger partial charge in [0, 0.05) is 23.7 Å². The molecule has 0 saturated carbocycles. The monoisotopic (exact) mass is 381 g/mol. The molecule has 2 aromatic rings. The second-order valence-electron chi connectivity index (χ2n) is 6.28. The maximum absolute atomic E-state index is 12.6. The molecule has 27 heavy (non-hydrogen) atoms. The third-order valence-corrected chi connectivity index (χ3v) is 4.39. The van der Waals surface area contributed by atoms with Gasteiger partial charge in [-0.15, -0.1) is 0 Å². The Labute approximate surface area is 155 Å². The van der Waals surface area contributed by atoms with Crippen LogP contribution in [0.15, 0.2) is 40.4 Å². The first-order chi connectivity index (χ1) is 12.7. The first-order valence-corrected chi connectivity index (χ1v) is 8.61. The van der Waals surface area contributed by atoms with Gasteiger partial charge in [0.25, 0.3) is 0 Å². The van der Waals surface area contributed by atoms with Crippen molar-refractivity contribution in [3.63, 3.8) is 0 Å². The lowest BCUT2D eigenvalue weighted by atomic mass is 10.1. The van der Waals surface area contributed by atoms with Crippen LogP contribution in [0.5, 0.6) is 0 Å². The number of nitrogens with zero attached hydrogens (tertiary/aromatic N) is 3. The lowest BCUT2D eigenvalue weighted by Crippen LogP contribution is -2.38. The SMILES string of the molecule is C/C=C(\C)C(=O)N(Cc1ccc(-c2noc(C(F)(F)F)n2)cc1)C(C)CC. The molecule has 5 nitrogen and oxygen atoms in total. The molecule has 0 N–H and O–H groups in total. The molecule has 0 saturated heterocycles. The molecule has 1 atom stereocenters. The van der Waals surface area contributed by atoms with Crippen LogP contribution in [0.25, 0.3) is 11.4 Å². The number of halogens is 3. The van der Waals surface area contributed by atoms with E-state index in [2.05, 4.69) is 14.7 Å². The molecule has 0 aliphatic heterocycles. The van der Waals surface area contributed by atoms with E-state index in [0.717, 1.165) is 12.0 Å². The van der Waals surface area contributed by atoms with Gasteiger partial charge >= 0.3 is 12.1 Å². The van der Waals surface area contributed by atoms with E-state index in [1.54, 1.807) is 42.2 Å². The van der Waals surface area contributed by atoms with E-state index in [4.69, 9.17) is 0 Å². The van der Waals surface area contributed by atoms with Crippen LogP contribution < -0.4 is 0 Å². The smallest absolute Gasteiger partial charge is 0.332 e. The van der Waals surface area contributed by atoms with E-state index in [1.807, 2.05) is 20.8 Å². The predicted octanol–water partition coefficient (Wildman–Crippen LogP) is 4.85. The minimum absolute atomic E-state index is 0.0380. The largest absolute Gasteiger partial charge is 0.471 e. The van der Waals surface area contributed by atoms with Gasteiger partial charge in [0.1, 0.15) is 0 Å². The molecule has 0 aliphatic carbocycles. The van der Waals surface area contributed by atoms with Crippen molar-refractivity contribution in [1.29, 1.82) is 0 Å². The van der Waals surface area contributed by atoms with Gasteiger partial charge in [-0.2, -0.15) is 18.2 Å². The summed E-state index contributed by atoms with van der Waals surface area (Å²) in [5.74, 6) is -1.55. The highest BCUT2D eigenvalue weighted by Gasteiger charge is 2.38. The van der Waals surface area contributed by atoms with E-state index in [-0.39, 0.29) is 17.8 Å². The number of carbonyl (C=O) groups is 1. The Morgan fingerprint density at radius 3 is 2.41 bits per heavy atom. The lowest BCUT2D eigenvalue weighted by molar-refractivity contribution is -0.159. The van der Waals surface area contributed by atoms with Crippen molar-refractivity contribution >= 4 is 5.91 Å². The summed E-state index contributed by atoms with van der Waals surface area (Å²) in [6.45, 7) is 7.98. The van der Waals surface area contributed by atoms with Gasteiger partial charge in [0.05, 0.1) is 0 Å².